The van der Waals surface area contributed by atoms with Gasteiger partial charge in [0.15, 0.2) is 0 Å². The highest BCUT2D eigenvalue weighted by molar-refractivity contribution is 5.86. The molecule has 0 aromatic heterocycles. The lowest BCUT2D eigenvalue weighted by Gasteiger charge is -2.07. The monoisotopic (exact) mass is 188 g/mol. The fourth-order valence-electron chi connectivity index (χ4n) is 0.536. The fraction of sp³-hybridized carbons (Fsp3) is 0.429. The van der Waals surface area contributed by atoms with Crippen LogP contribution in [0.3, 0.4) is 0 Å². The van der Waals surface area contributed by atoms with Gasteiger partial charge in [0.1, 0.15) is 6.10 Å². The molecule has 1 atom stereocenters. The van der Waals surface area contributed by atoms with E-state index in [-0.39, 0.29) is 18.7 Å². The van der Waals surface area contributed by atoms with E-state index in [1.54, 1.807) is 0 Å². The number of amides is 1. The second-order valence-electron chi connectivity index (χ2n) is 2.46. The quantitative estimate of drug-likeness (QED) is 0.362. The topological polar surface area (TPSA) is 113 Å². The molecule has 0 aromatic carbocycles. The Labute approximate surface area is 75.0 Å². The maximum absolute atomic E-state index is 10.3. The van der Waals surface area contributed by atoms with Crippen LogP contribution < -0.4 is 11.1 Å². The Bertz CT molecular complexity index is 227. The molecular weight excluding hydrogens is 176 g/mol. The first-order valence-electron chi connectivity index (χ1n) is 3.54. The Morgan fingerprint density at radius 3 is 2.46 bits per heavy atom. The van der Waals surface area contributed by atoms with Gasteiger partial charge in [-0.05, 0) is 0 Å². The van der Waals surface area contributed by atoms with Gasteiger partial charge >= 0.3 is 5.97 Å². The lowest BCUT2D eigenvalue weighted by atomic mass is 10.3. The van der Waals surface area contributed by atoms with E-state index >= 15 is 0 Å². The van der Waals surface area contributed by atoms with Gasteiger partial charge in [0, 0.05) is 18.7 Å². The summed E-state index contributed by atoms with van der Waals surface area (Å²) in [5.41, 5.74) is 4.70. The molecule has 6 heteroatoms. The van der Waals surface area contributed by atoms with E-state index in [0.29, 0.717) is 0 Å². The molecule has 0 fully saturated rings. The summed E-state index contributed by atoms with van der Waals surface area (Å²) in [5, 5.41) is 19.7. The molecule has 1 amide bonds. The van der Waals surface area contributed by atoms with Gasteiger partial charge in [0.05, 0.1) is 0 Å². The normalized spacial score (nSPS) is 12.1. The van der Waals surface area contributed by atoms with Gasteiger partial charge in [-0.1, -0.05) is 6.58 Å². The van der Waals surface area contributed by atoms with Crippen molar-refractivity contribution in [3.63, 3.8) is 0 Å². The van der Waals surface area contributed by atoms with Crippen LogP contribution in [0.1, 0.15) is 0 Å². The molecule has 0 spiro atoms. The highest BCUT2D eigenvalue weighted by atomic mass is 16.4. The summed E-state index contributed by atoms with van der Waals surface area (Å²) in [6.07, 6.45) is -1.30. The third-order valence-electron chi connectivity index (χ3n) is 1.31. The zero-order valence-corrected chi connectivity index (χ0v) is 6.99. The first-order valence-corrected chi connectivity index (χ1v) is 3.54. The summed E-state index contributed by atoms with van der Waals surface area (Å²) < 4.78 is 0. The summed E-state index contributed by atoms with van der Waals surface area (Å²) in [4.78, 5) is 20.5. The highest BCUT2D eigenvalue weighted by Crippen LogP contribution is 1.86. The second kappa shape index (κ2) is 5.28. The maximum Gasteiger partial charge on any atom is 0.332 e. The molecule has 0 aromatic rings. The van der Waals surface area contributed by atoms with E-state index in [1.807, 2.05) is 0 Å². The number of carboxylic acid groups (broad SMARTS) is 1. The van der Waals surface area contributed by atoms with E-state index in [1.165, 1.54) is 0 Å². The molecule has 0 rings (SSSR count). The largest absolute Gasteiger partial charge is 0.478 e. The number of hydrogen-bond acceptors (Lipinski definition) is 4. The fourth-order valence-corrected chi connectivity index (χ4v) is 0.536. The first kappa shape index (κ1) is 11.6. The summed E-state index contributed by atoms with van der Waals surface area (Å²) in [6, 6.07) is 0. The first-order chi connectivity index (χ1) is 5.95. The molecule has 6 nitrogen and oxygen atoms in total. The molecule has 0 aliphatic heterocycles. The molecule has 74 valence electrons. The van der Waals surface area contributed by atoms with Crippen LogP contribution in [-0.2, 0) is 9.59 Å². The lowest BCUT2D eigenvalue weighted by Crippen LogP contribution is -2.38. The van der Waals surface area contributed by atoms with Crippen molar-refractivity contribution in [2.24, 2.45) is 5.73 Å². The van der Waals surface area contributed by atoms with Crippen LogP contribution in [0.4, 0.5) is 0 Å². The van der Waals surface area contributed by atoms with Crippen LogP contribution in [0, 0.1) is 0 Å². The van der Waals surface area contributed by atoms with Gasteiger partial charge in [0.2, 0.25) is 5.91 Å². The van der Waals surface area contributed by atoms with Crippen molar-refractivity contribution >= 4 is 11.9 Å². The minimum absolute atomic E-state index is 0.000324. The van der Waals surface area contributed by atoms with Crippen molar-refractivity contribution in [1.82, 2.24) is 5.32 Å². The minimum atomic E-state index is -1.30. The molecule has 5 N–H and O–H groups in total. The number of primary amides is 1. The molecular formula is C7H12N2O4. The third-order valence-corrected chi connectivity index (χ3v) is 1.31. The molecule has 0 aliphatic rings. The van der Waals surface area contributed by atoms with E-state index in [9.17, 15) is 9.59 Å². The number of nitrogens with one attached hydrogen (secondary N) is 1. The summed E-state index contributed by atoms with van der Waals surface area (Å²) in [6.45, 7) is 3.15. The standard InChI is InChI=1S/C7H12N2O4/c1-4(7(12)13)2-9-3-5(10)6(8)11/h5,9-10H,1-3H2,(H2,8,11)(H,12,13). The van der Waals surface area contributed by atoms with Crippen molar-refractivity contribution in [2.75, 3.05) is 13.1 Å². The molecule has 0 radical (unpaired) electrons. The molecule has 0 saturated heterocycles. The predicted octanol–water partition coefficient (Wildman–Crippen LogP) is -1.94. The summed E-state index contributed by atoms with van der Waals surface area (Å²) in [7, 11) is 0. The predicted molar refractivity (Wildman–Crippen MR) is 44.8 cm³/mol. The Morgan fingerprint density at radius 2 is 2.08 bits per heavy atom. The van der Waals surface area contributed by atoms with Gasteiger partial charge in [-0.2, -0.15) is 0 Å². The summed E-state index contributed by atoms with van der Waals surface area (Å²) >= 11 is 0. The Balaban J connectivity index is 3.62. The van der Waals surface area contributed by atoms with Crippen molar-refractivity contribution in [1.29, 1.82) is 0 Å². The number of aliphatic carboxylic acids is 1. The Morgan fingerprint density at radius 1 is 1.54 bits per heavy atom. The van der Waals surface area contributed by atoms with Gasteiger partial charge in [-0.3, -0.25) is 4.79 Å². The maximum atomic E-state index is 10.3. The van der Waals surface area contributed by atoms with Gasteiger partial charge in [-0.15, -0.1) is 0 Å². The number of carbonyl (C=O) groups excluding carboxylic acids is 1. The smallest absolute Gasteiger partial charge is 0.332 e. The number of aliphatic hydroxyl groups excluding tert-OH is 1. The molecule has 0 heterocycles. The zero-order valence-electron chi connectivity index (χ0n) is 6.99. The average molecular weight is 188 g/mol. The SMILES string of the molecule is C=C(CNCC(O)C(N)=O)C(=O)O. The Hall–Kier alpha value is -1.40. The number of rotatable bonds is 6. The summed E-state index contributed by atoms with van der Waals surface area (Å²) in [5.74, 6) is -1.98. The van der Waals surface area contributed by atoms with E-state index in [2.05, 4.69) is 11.9 Å². The molecule has 13 heavy (non-hydrogen) atoms. The third kappa shape index (κ3) is 4.94. The van der Waals surface area contributed by atoms with E-state index < -0.39 is 18.0 Å². The number of hydrogen-bond donors (Lipinski definition) is 4. The van der Waals surface area contributed by atoms with E-state index in [4.69, 9.17) is 15.9 Å². The lowest BCUT2D eigenvalue weighted by molar-refractivity contribution is -0.132. The number of nitrogens with two attached hydrogens (primary N) is 1. The van der Waals surface area contributed by atoms with E-state index in [0.717, 1.165) is 0 Å². The molecule has 0 aliphatic carbocycles. The molecule has 0 saturated carbocycles. The van der Waals surface area contributed by atoms with Crippen molar-refractivity contribution in [3.05, 3.63) is 12.2 Å². The molecule has 0 bridgehead atoms. The van der Waals surface area contributed by atoms with Gasteiger partial charge in [0.25, 0.3) is 0 Å². The van der Waals surface area contributed by atoms with Crippen LogP contribution in [0.25, 0.3) is 0 Å². The minimum Gasteiger partial charge on any atom is -0.478 e. The zero-order chi connectivity index (χ0) is 10.4. The van der Waals surface area contributed by atoms with Crippen LogP contribution >= 0.6 is 0 Å². The van der Waals surface area contributed by atoms with Crippen molar-refractivity contribution in [3.8, 4) is 0 Å². The number of carboxylic acids is 1. The second-order valence-corrected chi connectivity index (χ2v) is 2.46. The number of aliphatic hydroxyl groups is 1. The van der Waals surface area contributed by atoms with Crippen LogP contribution in [0.5, 0.6) is 0 Å². The van der Waals surface area contributed by atoms with Crippen LogP contribution in [-0.4, -0.2) is 41.3 Å². The van der Waals surface area contributed by atoms with Gasteiger partial charge in [-0.25, -0.2) is 4.79 Å². The van der Waals surface area contributed by atoms with Crippen molar-refractivity contribution in [2.45, 2.75) is 6.10 Å². The van der Waals surface area contributed by atoms with Crippen LogP contribution in [0.15, 0.2) is 12.2 Å². The molecule has 1 unspecified atom stereocenters. The average Bonchev–Trinajstić information content (AvgIpc) is 2.03. The van der Waals surface area contributed by atoms with Crippen molar-refractivity contribution < 1.29 is 19.8 Å². The van der Waals surface area contributed by atoms with Crippen LogP contribution in [0.2, 0.25) is 0 Å². The highest BCUT2D eigenvalue weighted by Gasteiger charge is 2.10. The van der Waals surface area contributed by atoms with Gasteiger partial charge < -0.3 is 21.3 Å². The Kier molecular flexibility index (Phi) is 4.71. The number of carbonyl (C=O) groups is 2.